The van der Waals surface area contributed by atoms with Gasteiger partial charge in [-0.05, 0) is 25.1 Å². The highest BCUT2D eigenvalue weighted by molar-refractivity contribution is 6.32. The first kappa shape index (κ1) is 12.5. The molecule has 2 aromatic rings. The molecule has 0 spiro atoms. The molecule has 5 heteroatoms. The molecule has 0 saturated heterocycles. The molecule has 0 amide bonds. The van der Waals surface area contributed by atoms with Crippen LogP contribution in [0.25, 0.3) is 11.4 Å². The Balaban J connectivity index is 2.57. The summed E-state index contributed by atoms with van der Waals surface area (Å²) in [4.78, 5) is 4.39. The van der Waals surface area contributed by atoms with E-state index in [1.54, 1.807) is 23.8 Å². The van der Waals surface area contributed by atoms with Crippen molar-refractivity contribution in [2.45, 2.75) is 6.92 Å². The maximum Gasteiger partial charge on any atom is 0.143 e. The average Bonchev–Trinajstić information content (AvgIpc) is 2.64. The van der Waals surface area contributed by atoms with Crippen molar-refractivity contribution < 1.29 is 4.74 Å². The molecule has 0 aliphatic carbocycles. The van der Waals surface area contributed by atoms with Crippen LogP contribution in [0.3, 0.4) is 0 Å². The van der Waals surface area contributed by atoms with Crippen molar-refractivity contribution >= 4 is 11.6 Å². The van der Waals surface area contributed by atoms with E-state index in [1.165, 1.54) is 0 Å². The summed E-state index contributed by atoms with van der Waals surface area (Å²) in [5.41, 5.74) is 2.12. The molecular weight excluding hydrogens is 250 g/mol. The predicted molar refractivity (Wildman–Crippen MR) is 69.7 cm³/mol. The molecule has 1 heterocycles. The van der Waals surface area contributed by atoms with E-state index in [2.05, 4.69) is 11.1 Å². The number of ether oxygens (including phenoxy) is 1. The van der Waals surface area contributed by atoms with E-state index in [0.29, 0.717) is 28.0 Å². The monoisotopic (exact) mass is 261 g/mol. The van der Waals surface area contributed by atoms with Crippen LogP contribution in [-0.4, -0.2) is 16.7 Å². The molecule has 0 atom stereocenters. The van der Waals surface area contributed by atoms with Gasteiger partial charge in [0.05, 0.1) is 17.8 Å². The smallest absolute Gasteiger partial charge is 0.143 e. The molecule has 1 aromatic heterocycles. The van der Waals surface area contributed by atoms with Crippen molar-refractivity contribution in [3.05, 3.63) is 34.6 Å². The first-order valence-electron chi connectivity index (χ1n) is 5.35. The predicted octanol–water partition coefficient (Wildman–Crippen LogP) is 2.93. The number of nitriles is 1. The zero-order valence-electron chi connectivity index (χ0n) is 10.4. The van der Waals surface area contributed by atoms with Gasteiger partial charge in [-0.3, -0.25) is 0 Å². The van der Waals surface area contributed by atoms with E-state index in [0.717, 1.165) is 5.56 Å². The highest BCUT2D eigenvalue weighted by Gasteiger charge is 2.13. The number of hydrogen-bond acceptors (Lipinski definition) is 3. The number of halogens is 1. The minimum absolute atomic E-state index is 0.522. The van der Waals surface area contributed by atoms with Gasteiger partial charge in [-0.15, -0.1) is 0 Å². The Bertz CT molecular complexity index is 640. The second-order valence-corrected chi connectivity index (χ2v) is 4.30. The number of imidazole rings is 1. The SMILES string of the molecule is COc1ccc(-c2nc(C)c(C#N)n2C)cc1Cl. The highest BCUT2D eigenvalue weighted by atomic mass is 35.5. The van der Waals surface area contributed by atoms with Gasteiger partial charge in [0, 0.05) is 12.6 Å². The number of aryl methyl sites for hydroxylation is 1. The van der Waals surface area contributed by atoms with Crippen LogP contribution in [0.15, 0.2) is 18.2 Å². The van der Waals surface area contributed by atoms with E-state index in [9.17, 15) is 0 Å². The minimum atomic E-state index is 0.522. The molecule has 1 aromatic carbocycles. The molecule has 0 aliphatic heterocycles. The van der Waals surface area contributed by atoms with E-state index < -0.39 is 0 Å². The zero-order valence-corrected chi connectivity index (χ0v) is 11.1. The minimum Gasteiger partial charge on any atom is -0.495 e. The molecular formula is C13H12ClN3O. The number of nitrogens with zero attached hydrogens (tertiary/aromatic N) is 3. The van der Waals surface area contributed by atoms with Crippen molar-refractivity contribution in [2.75, 3.05) is 7.11 Å². The van der Waals surface area contributed by atoms with Crippen molar-refractivity contribution in [2.24, 2.45) is 7.05 Å². The summed E-state index contributed by atoms with van der Waals surface area (Å²) in [7, 11) is 3.38. The van der Waals surface area contributed by atoms with Crippen LogP contribution in [0.2, 0.25) is 5.02 Å². The molecule has 0 fully saturated rings. The lowest BCUT2D eigenvalue weighted by atomic mass is 10.2. The number of methoxy groups -OCH3 is 1. The van der Waals surface area contributed by atoms with Crippen LogP contribution < -0.4 is 4.74 Å². The number of benzene rings is 1. The van der Waals surface area contributed by atoms with Gasteiger partial charge in [0.25, 0.3) is 0 Å². The third-order valence-corrected chi connectivity index (χ3v) is 3.08. The number of rotatable bonds is 2. The molecule has 0 saturated carbocycles. The maximum absolute atomic E-state index is 9.04. The van der Waals surface area contributed by atoms with Crippen LogP contribution in [0, 0.1) is 18.3 Å². The van der Waals surface area contributed by atoms with Crippen LogP contribution in [-0.2, 0) is 7.05 Å². The second-order valence-electron chi connectivity index (χ2n) is 3.89. The summed E-state index contributed by atoms with van der Waals surface area (Å²) >= 11 is 6.09. The third-order valence-electron chi connectivity index (χ3n) is 2.79. The van der Waals surface area contributed by atoms with Gasteiger partial charge in [0.15, 0.2) is 0 Å². The van der Waals surface area contributed by atoms with Gasteiger partial charge in [0.1, 0.15) is 23.3 Å². The molecule has 18 heavy (non-hydrogen) atoms. The second kappa shape index (κ2) is 4.71. The lowest BCUT2D eigenvalue weighted by molar-refractivity contribution is 0.415. The molecule has 0 aliphatic rings. The summed E-state index contributed by atoms with van der Waals surface area (Å²) < 4.78 is 6.86. The van der Waals surface area contributed by atoms with E-state index in [-0.39, 0.29) is 0 Å². The fourth-order valence-corrected chi connectivity index (χ4v) is 2.11. The Kier molecular flexibility index (Phi) is 3.26. The standard InChI is InChI=1S/C13H12ClN3O/c1-8-11(7-15)17(2)13(16-8)9-4-5-12(18-3)10(14)6-9/h4-6H,1-3H3. The van der Waals surface area contributed by atoms with Crippen LogP contribution in [0.1, 0.15) is 11.4 Å². The lowest BCUT2D eigenvalue weighted by Crippen LogP contribution is -1.96. The van der Waals surface area contributed by atoms with Crippen molar-refractivity contribution in [1.82, 2.24) is 9.55 Å². The number of aromatic nitrogens is 2. The van der Waals surface area contributed by atoms with Crippen LogP contribution in [0.5, 0.6) is 5.75 Å². The van der Waals surface area contributed by atoms with Crippen molar-refractivity contribution in [1.29, 1.82) is 5.26 Å². The van der Waals surface area contributed by atoms with Crippen LogP contribution >= 0.6 is 11.6 Å². The van der Waals surface area contributed by atoms with Crippen LogP contribution in [0.4, 0.5) is 0 Å². The average molecular weight is 262 g/mol. The molecule has 92 valence electrons. The first-order valence-corrected chi connectivity index (χ1v) is 5.73. The Morgan fingerprint density at radius 3 is 2.67 bits per heavy atom. The summed E-state index contributed by atoms with van der Waals surface area (Å²) in [5, 5.41) is 9.56. The van der Waals surface area contributed by atoms with Gasteiger partial charge in [0.2, 0.25) is 0 Å². The van der Waals surface area contributed by atoms with E-state index in [1.807, 2.05) is 20.0 Å². The zero-order chi connectivity index (χ0) is 13.3. The van der Waals surface area contributed by atoms with Gasteiger partial charge in [-0.25, -0.2) is 4.98 Å². The molecule has 4 nitrogen and oxygen atoms in total. The largest absolute Gasteiger partial charge is 0.495 e. The Morgan fingerprint density at radius 2 is 2.17 bits per heavy atom. The summed E-state index contributed by atoms with van der Waals surface area (Å²) in [6, 6.07) is 7.57. The van der Waals surface area contributed by atoms with Gasteiger partial charge in [-0.1, -0.05) is 11.6 Å². The first-order chi connectivity index (χ1) is 8.58. The molecule has 0 bridgehead atoms. The molecule has 0 N–H and O–H groups in total. The highest BCUT2D eigenvalue weighted by Crippen LogP contribution is 2.30. The molecule has 0 radical (unpaired) electrons. The van der Waals surface area contributed by atoms with Gasteiger partial charge in [-0.2, -0.15) is 5.26 Å². The maximum atomic E-state index is 9.04. The fourth-order valence-electron chi connectivity index (χ4n) is 1.85. The van der Waals surface area contributed by atoms with Crippen molar-refractivity contribution in [3.8, 4) is 23.2 Å². The number of hydrogen-bond donors (Lipinski definition) is 0. The third kappa shape index (κ3) is 1.93. The quantitative estimate of drug-likeness (QED) is 0.835. The van der Waals surface area contributed by atoms with Crippen molar-refractivity contribution in [3.63, 3.8) is 0 Å². The molecule has 2 rings (SSSR count). The Morgan fingerprint density at radius 1 is 1.44 bits per heavy atom. The fraction of sp³-hybridized carbons (Fsp3) is 0.231. The lowest BCUT2D eigenvalue weighted by Gasteiger charge is -2.06. The van der Waals surface area contributed by atoms with Gasteiger partial charge >= 0.3 is 0 Å². The van der Waals surface area contributed by atoms with E-state index >= 15 is 0 Å². The Hall–Kier alpha value is -1.99. The Labute approximate surface area is 110 Å². The summed E-state index contributed by atoms with van der Waals surface area (Å²) in [6.45, 7) is 1.81. The topological polar surface area (TPSA) is 50.8 Å². The molecule has 0 unspecified atom stereocenters. The van der Waals surface area contributed by atoms with E-state index in [4.69, 9.17) is 21.6 Å². The van der Waals surface area contributed by atoms with Gasteiger partial charge < -0.3 is 9.30 Å². The summed E-state index contributed by atoms with van der Waals surface area (Å²) in [5.74, 6) is 1.33. The normalized spacial score (nSPS) is 10.2. The summed E-state index contributed by atoms with van der Waals surface area (Å²) in [6.07, 6.45) is 0.